The minimum atomic E-state index is -0.796. The van der Waals surface area contributed by atoms with Gasteiger partial charge in [0.15, 0.2) is 0 Å². The molecule has 6 nitrogen and oxygen atoms in total. The van der Waals surface area contributed by atoms with Gasteiger partial charge in [0, 0.05) is 26.7 Å². The molecule has 1 heterocycles. The lowest BCUT2D eigenvalue weighted by Crippen LogP contribution is -2.49. The number of ether oxygens (including phenoxy) is 1. The Morgan fingerprint density at radius 2 is 2.15 bits per heavy atom. The van der Waals surface area contributed by atoms with Crippen LogP contribution in [0.5, 0.6) is 0 Å². The predicted octanol–water partition coefficient (Wildman–Crippen LogP) is 0.572. The van der Waals surface area contributed by atoms with Crippen LogP contribution in [0.1, 0.15) is 26.7 Å². The number of carbonyl (C=O) groups is 2. The summed E-state index contributed by atoms with van der Waals surface area (Å²) < 4.78 is 4.90. The molecule has 1 aliphatic heterocycles. The Labute approximate surface area is 120 Å². The largest absolute Gasteiger partial charge is 0.481 e. The van der Waals surface area contributed by atoms with E-state index in [0.717, 1.165) is 19.4 Å². The van der Waals surface area contributed by atoms with Crippen molar-refractivity contribution in [2.24, 2.45) is 11.3 Å². The van der Waals surface area contributed by atoms with Gasteiger partial charge in [-0.3, -0.25) is 9.59 Å². The molecule has 1 amide bonds. The van der Waals surface area contributed by atoms with Crippen LogP contribution in [0.15, 0.2) is 0 Å². The molecule has 2 N–H and O–H groups in total. The number of hydrogen-bond acceptors (Lipinski definition) is 4. The number of methoxy groups -OCH3 is 1. The minimum Gasteiger partial charge on any atom is -0.481 e. The zero-order chi connectivity index (χ0) is 15.2. The molecule has 1 saturated heterocycles. The molecule has 1 unspecified atom stereocenters. The quantitative estimate of drug-likeness (QED) is 0.669. The van der Waals surface area contributed by atoms with Gasteiger partial charge < -0.3 is 20.1 Å². The van der Waals surface area contributed by atoms with Crippen LogP contribution < -0.4 is 5.32 Å². The van der Waals surface area contributed by atoms with E-state index in [4.69, 9.17) is 4.74 Å². The van der Waals surface area contributed by atoms with Crippen LogP contribution in [-0.2, 0) is 14.3 Å². The molecule has 0 aliphatic carbocycles. The molecule has 0 spiro atoms. The van der Waals surface area contributed by atoms with Crippen molar-refractivity contribution < 1.29 is 19.4 Å². The highest BCUT2D eigenvalue weighted by Crippen LogP contribution is 2.34. The van der Waals surface area contributed by atoms with Gasteiger partial charge in [0.05, 0.1) is 18.6 Å². The molecule has 0 bridgehead atoms. The summed E-state index contributed by atoms with van der Waals surface area (Å²) in [6, 6.07) is 0. The van der Waals surface area contributed by atoms with Crippen molar-refractivity contribution in [2.45, 2.75) is 26.7 Å². The zero-order valence-corrected chi connectivity index (χ0v) is 12.6. The third-order valence-electron chi connectivity index (χ3n) is 4.11. The van der Waals surface area contributed by atoms with Gasteiger partial charge in [-0.15, -0.1) is 0 Å². The van der Waals surface area contributed by atoms with Gasteiger partial charge in [0.2, 0.25) is 5.91 Å². The second-order valence-corrected chi connectivity index (χ2v) is 5.88. The first kappa shape index (κ1) is 16.9. The molecule has 1 rings (SSSR count). The highest BCUT2D eigenvalue weighted by atomic mass is 16.5. The van der Waals surface area contributed by atoms with Gasteiger partial charge in [-0.25, -0.2) is 0 Å². The molecule has 116 valence electrons. The molecule has 20 heavy (non-hydrogen) atoms. The normalized spacial score (nSPS) is 19.9. The van der Waals surface area contributed by atoms with Crippen molar-refractivity contribution >= 4 is 11.9 Å². The lowest BCUT2D eigenvalue weighted by atomic mass is 9.74. The van der Waals surface area contributed by atoms with Crippen molar-refractivity contribution in [1.82, 2.24) is 10.2 Å². The van der Waals surface area contributed by atoms with Crippen molar-refractivity contribution in [1.29, 1.82) is 0 Å². The number of amides is 1. The zero-order valence-electron chi connectivity index (χ0n) is 12.6. The first-order valence-corrected chi connectivity index (χ1v) is 7.10. The number of piperidine rings is 1. The Morgan fingerprint density at radius 3 is 2.75 bits per heavy atom. The lowest BCUT2D eigenvalue weighted by molar-refractivity contribution is -0.153. The van der Waals surface area contributed by atoms with E-state index in [9.17, 15) is 14.7 Å². The van der Waals surface area contributed by atoms with Gasteiger partial charge in [0.1, 0.15) is 0 Å². The summed E-state index contributed by atoms with van der Waals surface area (Å²) in [5.41, 5.74) is -0.789. The van der Waals surface area contributed by atoms with E-state index in [2.05, 4.69) is 5.32 Å². The molecule has 0 saturated carbocycles. The summed E-state index contributed by atoms with van der Waals surface area (Å²) in [5.74, 6) is -0.751. The number of carboxylic acids is 1. The van der Waals surface area contributed by atoms with E-state index in [-0.39, 0.29) is 18.4 Å². The molecule has 6 heteroatoms. The number of carbonyl (C=O) groups excluding carboxylic acids is 1. The third-order valence-corrected chi connectivity index (χ3v) is 4.11. The maximum atomic E-state index is 12.1. The number of aliphatic carboxylic acids is 1. The van der Waals surface area contributed by atoms with Crippen LogP contribution >= 0.6 is 0 Å². The maximum absolute atomic E-state index is 12.1. The summed E-state index contributed by atoms with van der Waals surface area (Å²) in [5, 5.41) is 12.3. The molecular weight excluding hydrogens is 260 g/mol. The van der Waals surface area contributed by atoms with Crippen LogP contribution in [0, 0.1) is 11.3 Å². The first-order chi connectivity index (χ1) is 9.39. The van der Waals surface area contributed by atoms with Crippen molar-refractivity contribution in [2.75, 3.05) is 39.9 Å². The Balaban J connectivity index is 2.48. The van der Waals surface area contributed by atoms with E-state index in [1.165, 1.54) is 0 Å². The molecule has 1 atom stereocenters. The molecule has 0 aromatic heterocycles. The topological polar surface area (TPSA) is 78.9 Å². The highest BCUT2D eigenvalue weighted by Gasteiger charge is 2.39. The van der Waals surface area contributed by atoms with Gasteiger partial charge in [0.25, 0.3) is 0 Å². The van der Waals surface area contributed by atoms with Crippen molar-refractivity contribution in [3.8, 4) is 0 Å². The summed E-state index contributed by atoms with van der Waals surface area (Å²) >= 11 is 0. The Hall–Kier alpha value is -1.14. The molecule has 0 aromatic rings. The van der Waals surface area contributed by atoms with Crippen LogP contribution in [0.3, 0.4) is 0 Å². The van der Waals surface area contributed by atoms with Crippen molar-refractivity contribution in [3.63, 3.8) is 0 Å². The predicted molar refractivity (Wildman–Crippen MR) is 75.5 cm³/mol. The summed E-state index contributed by atoms with van der Waals surface area (Å²) in [4.78, 5) is 25.2. The molecular formula is C14H26N2O4. The second kappa shape index (κ2) is 7.59. The van der Waals surface area contributed by atoms with E-state index in [0.29, 0.717) is 19.7 Å². The molecule has 0 aromatic carbocycles. The standard InChI is InChI=1S/C14H26N2O4/c1-14(2,13(18)19)11-5-4-7-16(10-11)12(17)9-15-6-8-20-3/h11,15H,4-10H2,1-3H3,(H,18,19). The third kappa shape index (κ3) is 4.45. The monoisotopic (exact) mass is 286 g/mol. The SMILES string of the molecule is COCCNCC(=O)N1CCCC(C(C)(C)C(=O)O)C1. The number of nitrogens with zero attached hydrogens (tertiary/aromatic N) is 1. The number of carboxylic acid groups (broad SMARTS) is 1. The Kier molecular flexibility index (Phi) is 6.42. The fraction of sp³-hybridized carbons (Fsp3) is 0.857. The van der Waals surface area contributed by atoms with E-state index >= 15 is 0 Å². The summed E-state index contributed by atoms with van der Waals surface area (Å²) in [6.07, 6.45) is 1.73. The molecule has 1 aliphatic rings. The van der Waals surface area contributed by atoms with Crippen molar-refractivity contribution in [3.05, 3.63) is 0 Å². The van der Waals surface area contributed by atoms with Crippen LogP contribution in [0.2, 0.25) is 0 Å². The highest BCUT2D eigenvalue weighted by molar-refractivity contribution is 5.79. The number of hydrogen-bond donors (Lipinski definition) is 2. The minimum absolute atomic E-state index is 0.0108. The number of likely N-dealkylation sites (tertiary alicyclic amines) is 1. The van der Waals surface area contributed by atoms with Gasteiger partial charge in [-0.2, -0.15) is 0 Å². The summed E-state index contributed by atoms with van der Waals surface area (Å²) in [7, 11) is 1.62. The summed E-state index contributed by atoms with van der Waals surface area (Å²) in [6.45, 7) is 6.22. The smallest absolute Gasteiger partial charge is 0.309 e. The van der Waals surface area contributed by atoms with Gasteiger partial charge in [-0.1, -0.05) is 0 Å². The second-order valence-electron chi connectivity index (χ2n) is 5.88. The van der Waals surface area contributed by atoms with Crippen LogP contribution in [-0.4, -0.2) is 61.8 Å². The maximum Gasteiger partial charge on any atom is 0.309 e. The fourth-order valence-electron chi connectivity index (χ4n) is 2.45. The van der Waals surface area contributed by atoms with Crippen LogP contribution in [0.4, 0.5) is 0 Å². The molecule has 1 fully saturated rings. The fourth-order valence-corrected chi connectivity index (χ4v) is 2.45. The van der Waals surface area contributed by atoms with E-state index in [1.807, 2.05) is 0 Å². The first-order valence-electron chi connectivity index (χ1n) is 7.10. The Bertz CT molecular complexity index is 344. The van der Waals surface area contributed by atoms with Gasteiger partial charge >= 0.3 is 5.97 Å². The van der Waals surface area contributed by atoms with E-state index in [1.54, 1.807) is 25.9 Å². The average Bonchev–Trinajstić information content (AvgIpc) is 2.43. The van der Waals surface area contributed by atoms with E-state index < -0.39 is 11.4 Å². The lowest BCUT2D eigenvalue weighted by Gasteiger charge is -2.39. The molecule has 0 radical (unpaired) electrons. The average molecular weight is 286 g/mol. The van der Waals surface area contributed by atoms with Gasteiger partial charge in [-0.05, 0) is 32.6 Å². The number of nitrogens with one attached hydrogen (secondary N) is 1. The Morgan fingerprint density at radius 1 is 1.45 bits per heavy atom. The number of rotatable bonds is 7. The van der Waals surface area contributed by atoms with Crippen LogP contribution in [0.25, 0.3) is 0 Å².